The molecule has 0 aliphatic rings. The molecule has 0 saturated carbocycles. The second-order valence-electron chi connectivity index (χ2n) is 1.77. The third kappa shape index (κ3) is 95.3. The molecule has 0 fully saturated rings. The van der Waals surface area contributed by atoms with Gasteiger partial charge in [-0.25, -0.2) is 0 Å². The van der Waals surface area contributed by atoms with E-state index in [1.807, 2.05) is 6.92 Å². The Morgan fingerprint density at radius 3 is 1.17 bits per heavy atom. The minimum absolute atomic E-state index is 0.398. The van der Waals surface area contributed by atoms with E-state index in [-0.39, 0.29) is 0 Å². The van der Waals surface area contributed by atoms with Crippen LogP contribution in [0.25, 0.3) is 0 Å². The van der Waals surface area contributed by atoms with Crippen LogP contribution in [0.2, 0.25) is 0 Å². The maximum atomic E-state index is 5.40. The fourth-order valence-corrected chi connectivity index (χ4v) is 0.455. The summed E-state index contributed by atoms with van der Waals surface area (Å²) in [7, 11) is 4.50. The largest absolute Gasteiger partial charge is 0.333 e. The Hall–Kier alpha value is -0.160. The Balaban J connectivity index is -0.0000000453. The number of nitrogens with two attached hydrogens (primary N) is 4. The molecule has 4 heteroatoms. The second kappa shape index (κ2) is 44.8. The molecule has 0 aromatic rings. The third-order valence-electron chi connectivity index (χ3n) is 0.744. The summed E-state index contributed by atoms with van der Waals surface area (Å²) in [5.41, 5.74) is 18.9. The van der Waals surface area contributed by atoms with E-state index in [1.54, 1.807) is 0 Å². The van der Waals surface area contributed by atoms with Crippen LogP contribution in [0.4, 0.5) is 0 Å². The van der Waals surface area contributed by atoms with E-state index >= 15 is 0 Å². The molecule has 12 heavy (non-hydrogen) atoms. The minimum atomic E-state index is 0.398. The van der Waals surface area contributed by atoms with Crippen LogP contribution in [0, 0.1) is 0 Å². The van der Waals surface area contributed by atoms with Crippen molar-refractivity contribution in [2.24, 2.45) is 22.9 Å². The van der Waals surface area contributed by atoms with Gasteiger partial charge >= 0.3 is 0 Å². The van der Waals surface area contributed by atoms with Crippen LogP contribution in [0.3, 0.4) is 0 Å². The van der Waals surface area contributed by atoms with E-state index in [9.17, 15) is 0 Å². The fraction of sp³-hybridized carbons (Fsp3) is 1.00. The predicted octanol–water partition coefficient (Wildman–Crippen LogP) is -0.142. The average molecular weight is 180 g/mol. The highest BCUT2D eigenvalue weighted by molar-refractivity contribution is 4.47. The second-order valence-corrected chi connectivity index (χ2v) is 1.77. The van der Waals surface area contributed by atoms with Gasteiger partial charge in [-0.15, -0.1) is 0 Å². The minimum Gasteiger partial charge on any atom is -0.333 e. The van der Waals surface area contributed by atoms with Crippen molar-refractivity contribution >= 4 is 0 Å². The first-order valence-corrected chi connectivity index (χ1v) is 4.26. The average Bonchev–Trinajstić information content (AvgIpc) is 2.14. The zero-order valence-corrected chi connectivity index (χ0v) is 9.30. The Kier molecular flexibility index (Phi) is 84.5. The first-order valence-electron chi connectivity index (χ1n) is 4.26. The number of rotatable bonds is 2. The topological polar surface area (TPSA) is 104 Å². The summed E-state index contributed by atoms with van der Waals surface area (Å²) in [5, 5.41) is 0. The normalized spacial score (nSPS) is 8.75. The highest BCUT2D eigenvalue weighted by Crippen LogP contribution is 1.88. The molecule has 0 aliphatic carbocycles. The van der Waals surface area contributed by atoms with Crippen LogP contribution >= 0.6 is 0 Å². The molecule has 0 aliphatic heterocycles. The molecule has 0 spiro atoms. The van der Waals surface area contributed by atoms with E-state index < -0.39 is 0 Å². The molecule has 0 radical (unpaired) electrons. The van der Waals surface area contributed by atoms with Crippen molar-refractivity contribution in [2.75, 3.05) is 21.1 Å². The Labute approximate surface area is 77.7 Å². The van der Waals surface area contributed by atoms with Crippen LogP contribution in [0.1, 0.15) is 26.7 Å². The van der Waals surface area contributed by atoms with Crippen molar-refractivity contribution in [1.29, 1.82) is 0 Å². The molecule has 80 valence electrons. The summed E-state index contributed by atoms with van der Waals surface area (Å²) in [5.74, 6) is 0. The molecule has 0 aromatic carbocycles. The highest BCUT2D eigenvalue weighted by atomic mass is 14.6. The van der Waals surface area contributed by atoms with Gasteiger partial charge in [0.25, 0.3) is 0 Å². The summed E-state index contributed by atoms with van der Waals surface area (Å²) in [6.07, 6.45) is 2.36. The van der Waals surface area contributed by atoms with Crippen molar-refractivity contribution in [3.63, 3.8) is 0 Å². The summed E-state index contributed by atoms with van der Waals surface area (Å²) in [4.78, 5) is 0. The summed E-state index contributed by atoms with van der Waals surface area (Å²) >= 11 is 0. The van der Waals surface area contributed by atoms with Gasteiger partial charge in [0.1, 0.15) is 0 Å². The first kappa shape index (κ1) is 22.6. The zero-order valence-electron chi connectivity index (χ0n) is 9.30. The van der Waals surface area contributed by atoms with Crippen LogP contribution in [-0.2, 0) is 0 Å². The van der Waals surface area contributed by atoms with E-state index in [0.717, 1.165) is 6.42 Å². The summed E-state index contributed by atoms with van der Waals surface area (Å²) < 4.78 is 0. The first-order chi connectivity index (χ1) is 5.77. The van der Waals surface area contributed by atoms with Crippen molar-refractivity contribution < 1.29 is 0 Å². The maximum Gasteiger partial charge on any atom is 0.00103 e. The summed E-state index contributed by atoms with van der Waals surface area (Å²) in [6.45, 7) is 4.17. The predicted molar refractivity (Wildman–Crippen MR) is 58.9 cm³/mol. The van der Waals surface area contributed by atoms with Crippen molar-refractivity contribution in [2.45, 2.75) is 32.7 Å². The molecule has 1 atom stereocenters. The van der Waals surface area contributed by atoms with Gasteiger partial charge in [-0.3, -0.25) is 0 Å². The van der Waals surface area contributed by atoms with Gasteiger partial charge in [-0.1, -0.05) is 13.3 Å². The molecule has 1 unspecified atom stereocenters. The van der Waals surface area contributed by atoms with Crippen molar-refractivity contribution in [3.8, 4) is 0 Å². The molecule has 8 N–H and O–H groups in total. The quantitative estimate of drug-likeness (QED) is 0.474. The monoisotopic (exact) mass is 180 g/mol. The molecule has 0 heterocycles. The molecule has 0 amide bonds. The smallest absolute Gasteiger partial charge is 0.00103 e. The fourth-order valence-electron chi connectivity index (χ4n) is 0.455. The standard InChI is InChI=1S/C5H13N.3CH5N/c1-3-4-5(2)6;3*1-2/h5H,3-4,6H2,1-2H3;3*2H2,1H3. The van der Waals surface area contributed by atoms with Crippen LogP contribution < -0.4 is 22.9 Å². The number of hydrogen-bond donors (Lipinski definition) is 4. The van der Waals surface area contributed by atoms with Crippen LogP contribution in [-0.4, -0.2) is 27.2 Å². The highest BCUT2D eigenvalue weighted by Gasteiger charge is 1.85. The Morgan fingerprint density at radius 1 is 0.917 bits per heavy atom. The van der Waals surface area contributed by atoms with Gasteiger partial charge < -0.3 is 22.9 Å². The van der Waals surface area contributed by atoms with Gasteiger partial charge in [0.05, 0.1) is 0 Å². The molecule has 0 rings (SSSR count). The van der Waals surface area contributed by atoms with Crippen LogP contribution in [0.15, 0.2) is 0 Å². The Morgan fingerprint density at radius 2 is 1.17 bits per heavy atom. The SMILES string of the molecule is CCCC(C)N.CN.CN.CN. The van der Waals surface area contributed by atoms with Gasteiger partial charge in [0, 0.05) is 6.04 Å². The van der Waals surface area contributed by atoms with Crippen molar-refractivity contribution in [1.82, 2.24) is 0 Å². The maximum absolute atomic E-state index is 5.40. The van der Waals surface area contributed by atoms with E-state index in [2.05, 4.69) is 24.1 Å². The molecular weight excluding hydrogens is 152 g/mol. The van der Waals surface area contributed by atoms with Gasteiger partial charge in [-0.05, 0) is 34.5 Å². The number of hydrogen-bond acceptors (Lipinski definition) is 4. The van der Waals surface area contributed by atoms with Crippen LogP contribution in [0.5, 0.6) is 0 Å². The summed E-state index contributed by atoms with van der Waals surface area (Å²) in [6, 6.07) is 0.398. The lowest BCUT2D eigenvalue weighted by Gasteiger charge is -1.96. The lowest BCUT2D eigenvalue weighted by Crippen LogP contribution is -2.13. The molecule has 0 saturated heterocycles. The van der Waals surface area contributed by atoms with Gasteiger partial charge in [0.15, 0.2) is 0 Å². The Bertz CT molecular complexity index is 32.2. The lowest BCUT2D eigenvalue weighted by molar-refractivity contribution is 0.653. The molecule has 0 aromatic heterocycles. The third-order valence-corrected chi connectivity index (χ3v) is 0.744. The zero-order chi connectivity index (χ0) is 11.0. The van der Waals surface area contributed by atoms with Crippen molar-refractivity contribution in [3.05, 3.63) is 0 Å². The molecular formula is C8H28N4. The molecule has 0 bridgehead atoms. The van der Waals surface area contributed by atoms with E-state index in [4.69, 9.17) is 5.73 Å². The molecule has 4 nitrogen and oxygen atoms in total. The van der Waals surface area contributed by atoms with Gasteiger partial charge in [-0.2, -0.15) is 0 Å². The van der Waals surface area contributed by atoms with E-state index in [0.29, 0.717) is 6.04 Å². The lowest BCUT2D eigenvalue weighted by atomic mass is 10.2. The van der Waals surface area contributed by atoms with E-state index in [1.165, 1.54) is 27.6 Å². The van der Waals surface area contributed by atoms with Gasteiger partial charge in [0.2, 0.25) is 0 Å².